The van der Waals surface area contributed by atoms with E-state index in [2.05, 4.69) is 24.3 Å². The fraction of sp³-hybridized carbons (Fsp3) is 0.200. The monoisotopic (exact) mass is 588 g/mol. The Morgan fingerprint density at radius 3 is 1.79 bits per heavy atom. The molecule has 9 rings (SSSR count). The average molecular weight is 589 g/mol. The largest absolute Gasteiger partial charge is 0.426 e. The van der Waals surface area contributed by atoms with Gasteiger partial charge >= 0.3 is 5.97 Å². The molecule has 7 nitrogen and oxygen atoms in total. The van der Waals surface area contributed by atoms with Crippen molar-refractivity contribution in [3.8, 4) is 5.75 Å². The number of benzene rings is 4. The summed E-state index contributed by atoms with van der Waals surface area (Å²) in [4.78, 5) is 56.4. The minimum atomic E-state index is -0.630. The van der Waals surface area contributed by atoms with Crippen molar-refractivity contribution in [1.29, 1.82) is 0 Å². The number of carbonyl (C=O) groups is 4. The Hall–Kier alpha value is -4.75. The molecule has 0 unspecified atom stereocenters. The molecule has 3 aliphatic carbocycles. The Balaban J connectivity index is 1.02. The van der Waals surface area contributed by atoms with Crippen LogP contribution in [0.5, 0.6) is 5.75 Å². The number of rotatable bonds is 4. The van der Waals surface area contributed by atoms with Crippen molar-refractivity contribution in [2.24, 2.45) is 17.8 Å². The molecule has 2 bridgehead atoms. The molecule has 4 aromatic rings. The van der Waals surface area contributed by atoms with Crippen LogP contribution < -0.4 is 14.5 Å². The predicted octanol–water partition coefficient (Wildman–Crippen LogP) is 5.70. The van der Waals surface area contributed by atoms with Crippen LogP contribution in [0, 0.1) is 17.8 Å². The predicted molar refractivity (Wildman–Crippen MR) is 160 cm³/mol. The first-order chi connectivity index (χ1) is 20.9. The maximum absolute atomic E-state index is 14.0. The number of esters is 1. The number of carbonyl (C=O) groups excluding carboxylic acids is 4. The topological polar surface area (TPSA) is 84.0 Å². The van der Waals surface area contributed by atoms with Crippen LogP contribution in [-0.2, 0) is 19.2 Å². The van der Waals surface area contributed by atoms with E-state index in [4.69, 9.17) is 16.3 Å². The van der Waals surface area contributed by atoms with Gasteiger partial charge in [-0.1, -0.05) is 66.2 Å². The summed E-state index contributed by atoms with van der Waals surface area (Å²) in [6, 6.07) is 29.7. The molecule has 0 spiro atoms. The maximum atomic E-state index is 14.0. The van der Waals surface area contributed by atoms with E-state index in [1.807, 2.05) is 24.3 Å². The number of nitrogens with zero attached hydrogens (tertiary/aromatic N) is 2. The molecule has 2 heterocycles. The Morgan fingerprint density at radius 1 is 0.698 bits per heavy atom. The molecular weight excluding hydrogens is 564 g/mol. The molecule has 8 heteroatoms. The molecule has 212 valence electrons. The number of halogens is 1. The molecule has 5 aliphatic rings. The fourth-order valence-electron chi connectivity index (χ4n) is 7.55. The van der Waals surface area contributed by atoms with Crippen molar-refractivity contribution in [3.63, 3.8) is 0 Å². The SMILES string of the molecule is O=C(Oc1ccc(N2C(=O)[C@@H]3C4c5ccccc5C(c5ccccc54)[C@H]3C2=O)cc1)[C@@H]1CC(=O)N(c2cccc(Cl)c2)C1. The average Bonchev–Trinajstić information content (AvgIpc) is 3.54. The molecule has 2 saturated heterocycles. The quantitative estimate of drug-likeness (QED) is 0.174. The third kappa shape index (κ3) is 3.88. The second-order valence-corrected chi connectivity index (χ2v) is 12.0. The number of amides is 3. The normalized spacial score (nSPS) is 25.0. The van der Waals surface area contributed by atoms with Crippen molar-refractivity contribution >= 4 is 46.7 Å². The number of ether oxygens (including phenoxy) is 1. The van der Waals surface area contributed by atoms with Gasteiger partial charge in [0.15, 0.2) is 0 Å². The Kier molecular flexibility index (Phi) is 5.81. The molecule has 3 atom stereocenters. The van der Waals surface area contributed by atoms with E-state index in [1.54, 1.807) is 48.5 Å². The number of anilines is 2. The zero-order valence-electron chi connectivity index (χ0n) is 22.9. The van der Waals surface area contributed by atoms with Crippen LogP contribution in [0.3, 0.4) is 0 Å². The molecule has 2 aliphatic heterocycles. The van der Waals surface area contributed by atoms with Crippen LogP contribution in [0.25, 0.3) is 0 Å². The molecule has 0 radical (unpaired) electrons. The van der Waals surface area contributed by atoms with Gasteiger partial charge < -0.3 is 9.64 Å². The van der Waals surface area contributed by atoms with Crippen molar-refractivity contribution in [1.82, 2.24) is 0 Å². The lowest BCUT2D eigenvalue weighted by Crippen LogP contribution is -2.41. The van der Waals surface area contributed by atoms with Crippen LogP contribution in [0.2, 0.25) is 5.02 Å². The lowest BCUT2D eigenvalue weighted by atomic mass is 9.55. The van der Waals surface area contributed by atoms with Gasteiger partial charge in [0, 0.05) is 35.5 Å². The summed E-state index contributed by atoms with van der Waals surface area (Å²) in [6.45, 7) is 0.197. The lowest BCUT2D eigenvalue weighted by Gasteiger charge is -2.45. The van der Waals surface area contributed by atoms with Gasteiger partial charge in [-0.05, 0) is 64.7 Å². The van der Waals surface area contributed by atoms with E-state index in [0.717, 1.165) is 22.3 Å². The van der Waals surface area contributed by atoms with Crippen molar-refractivity contribution in [2.45, 2.75) is 18.3 Å². The first-order valence-corrected chi connectivity index (χ1v) is 14.7. The summed E-state index contributed by atoms with van der Waals surface area (Å²) in [5.41, 5.74) is 5.57. The number of hydrogen-bond acceptors (Lipinski definition) is 5. The van der Waals surface area contributed by atoms with Crippen LogP contribution in [0.1, 0.15) is 40.5 Å². The van der Waals surface area contributed by atoms with Gasteiger partial charge in [-0.2, -0.15) is 0 Å². The Morgan fingerprint density at radius 2 is 1.26 bits per heavy atom. The van der Waals surface area contributed by atoms with Gasteiger partial charge in [0.25, 0.3) is 0 Å². The molecule has 3 amide bonds. The third-order valence-electron chi connectivity index (χ3n) is 9.34. The smallest absolute Gasteiger partial charge is 0.316 e. The first kappa shape index (κ1) is 25.9. The summed E-state index contributed by atoms with van der Waals surface area (Å²) < 4.78 is 5.62. The number of hydrogen-bond donors (Lipinski definition) is 0. The molecule has 43 heavy (non-hydrogen) atoms. The molecule has 2 fully saturated rings. The lowest BCUT2D eigenvalue weighted by molar-refractivity contribution is -0.139. The van der Waals surface area contributed by atoms with Crippen LogP contribution in [0.4, 0.5) is 11.4 Å². The maximum Gasteiger partial charge on any atom is 0.316 e. The third-order valence-corrected chi connectivity index (χ3v) is 9.58. The molecule has 0 aromatic heterocycles. The zero-order chi connectivity index (χ0) is 29.4. The molecule has 4 aromatic carbocycles. The highest BCUT2D eigenvalue weighted by Crippen LogP contribution is 2.61. The second-order valence-electron chi connectivity index (χ2n) is 11.6. The molecule has 0 saturated carbocycles. The highest BCUT2D eigenvalue weighted by molar-refractivity contribution is 6.31. The van der Waals surface area contributed by atoms with Crippen LogP contribution in [-0.4, -0.2) is 30.2 Å². The highest BCUT2D eigenvalue weighted by atomic mass is 35.5. The van der Waals surface area contributed by atoms with Gasteiger partial charge in [0.2, 0.25) is 17.7 Å². The second kappa shape index (κ2) is 9.64. The van der Waals surface area contributed by atoms with Crippen molar-refractivity contribution < 1.29 is 23.9 Å². The van der Waals surface area contributed by atoms with E-state index in [0.29, 0.717) is 16.4 Å². The summed E-state index contributed by atoms with van der Waals surface area (Å²) in [7, 11) is 0. The van der Waals surface area contributed by atoms with E-state index in [9.17, 15) is 19.2 Å². The zero-order valence-corrected chi connectivity index (χ0v) is 23.6. The van der Waals surface area contributed by atoms with E-state index < -0.39 is 23.7 Å². The van der Waals surface area contributed by atoms with Crippen LogP contribution in [0.15, 0.2) is 97.1 Å². The van der Waals surface area contributed by atoms with Gasteiger partial charge in [-0.25, -0.2) is 4.90 Å². The Labute approximate surface area is 252 Å². The molecular formula is C35H25ClN2O5. The fourth-order valence-corrected chi connectivity index (χ4v) is 7.74. The first-order valence-electron chi connectivity index (χ1n) is 14.3. The molecule has 0 N–H and O–H groups in total. The summed E-state index contributed by atoms with van der Waals surface area (Å²) >= 11 is 6.08. The standard InChI is InChI=1S/C35H25ClN2O5/c36-20-6-5-7-22(17-20)37-18-19(16-28(37)39)35(42)43-23-14-12-21(13-15-23)38-33(40)31-29-24-8-1-2-9-25(24)30(32(31)34(38)41)27-11-4-3-10-26(27)29/h1-15,17,19,29-32H,16,18H2/t19-,29?,30?,31-,32-/m1/s1. The van der Waals surface area contributed by atoms with Crippen molar-refractivity contribution in [3.05, 3.63) is 124 Å². The summed E-state index contributed by atoms with van der Waals surface area (Å²) in [6.07, 6.45) is 0.0378. The minimum absolute atomic E-state index is 0.0378. The van der Waals surface area contributed by atoms with Crippen LogP contribution >= 0.6 is 11.6 Å². The minimum Gasteiger partial charge on any atom is -0.426 e. The van der Waals surface area contributed by atoms with Gasteiger partial charge in [-0.15, -0.1) is 0 Å². The highest BCUT2D eigenvalue weighted by Gasteiger charge is 2.61. The van der Waals surface area contributed by atoms with Gasteiger partial charge in [-0.3, -0.25) is 19.2 Å². The van der Waals surface area contributed by atoms with E-state index in [1.165, 1.54) is 9.80 Å². The summed E-state index contributed by atoms with van der Waals surface area (Å²) in [5, 5.41) is 0.507. The van der Waals surface area contributed by atoms with E-state index in [-0.39, 0.29) is 48.3 Å². The van der Waals surface area contributed by atoms with Gasteiger partial charge in [0.1, 0.15) is 5.75 Å². The van der Waals surface area contributed by atoms with Crippen molar-refractivity contribution in [2.75, 3.05) is 16.3 Å². The van der Waals surface area contributed by atoms with Gasteiger partial charge in [0.05, 0.1) is 23.4 Å². The summed E-state index contributed by atoms with van der Waals surface area (Å²) in [5.74, 6) is -2.75. The van der Waals surface area contributed by atoms with E-state index >= 15 is 0 Å². The number of imide groups is 1. The Bertz CT molecular complexity index is 1740.